The molecule has 1 N–H and O–H groups in total. The SMILES string of the molecule is N#CC1=CN(c2ccccc2)C(=O)NC1. The fourth-order valence-electron chi connectivity index (χ4n) is 1.36. The summed E-state index contributed by atoms with van der Waals surface area (Å²) in [5.41, 5.74) is 1.29. The van der Waals surface area contributed by atoms with E-state index in [1.807, 2.05) is 36.4 Å². The van der Waals surface area contributed by atoms with Crippen LogP contribution in [0.5, 0.6) is 0 Å². The van der Waals surface area contributed by atoms with E-state index in [1.54, 1.807) is 6.20 Å². The molecule has 4 nitrogen and oxygen atoms in total. The predicted molar refractivity (Wildman–Crippen MR) is 56.0 cm³/mol. The van der Waals surface area contributed by atoms with Crippen molar-refractivity contribution in [2.75, 3.05) is 11.4 Å². The smallest absolute Gasteiger partial charge is 0.326 e. The van der Waals surface area contributed by atoms with Gasteiger partial charge in [0.2, 0.25) is 0 Å². The van der Waals surface area contributed by atoms with Crippen LogP contribution in [-0.4, -0.2) is 12.6 Å². The zero-order chi connectivity index (χ0) is 10.7. The molecule has 0 spiro atoms. The molecule has 74 valence electrons. The van der Waals surface area contributed by atoms with Crippen LogP contribution in [0.1, 0.15) is 0 Å². The molecule has 0 fully saturated rings. The molecule has 1 aliphatic rings. The lowest BCUT2D eigenvalue weighted by atomic mass is 10.2. The first-order valence-corrected chi connectivity index (χ1v) is 4.54. The molecule has 15 heavy (non-hydrogen) atoms. The van der Waals surface area contributed by atoms with Crippen molar-refractivity contribution in [2.45, 2.75) is 0 Å². The highest BCUT2D eigenvalue weighted by molar-refractivity contribution is 5.95. The summed E-state index contributed by atoms with van der Waals surface area (Å²) >= 11 is 0. The molecule has 0 saturated heterocycles. The first-order chi connectivity index (χ1) is 7.31. The van der Waals surface area contributed by atoms with E-state index in [0.29, 0.717) is 12.1 Å². The Morgan fingerprint density at radius 1 is 1.33 bits per heavy atom. The number of para-hydroxylation sites is 1. The van der Waals surface area contributed by atoms with E-state index in [4.69, 9.17) is 5.26 Å². The largest absolute Gasteiger partial charge is 0.333 e. The average molecular weight is 199 g/mol. The van der Waals surface area contributed by atoms with Crippen LogP contribution in [0.2, 0.25) is 0 Å². The number of nitrogens with one attached hydrogen (secondary N) is 1. The standard InChI is InChI=1S/C11H9N3O/c12-6-9-7-13-11(15)14(8-9)10-4-2-1-3-5-10/h1-5,8H,7H2,(H,13,15). The van der Waals surface area contributed by atoms with Crippen molar-refractivity contribution in [3.8, 4) is 6.07 Å². The highest BCUT2D eigenvalue weighted by Crippen LogP contribution is 2.16. The second kappa shape index (κ2) is 3.84. The highest BCUT2D eigenvalue weighted by atomic mass is 16.2. The van der Waals surface area contributed by atoms with E-state index in [-0.39, 0.29) is 6.03 Å². The van der Waals surface area contributed by atoms with Gasteiger partial charge in [-0.15, -0.1) is 0 Å². The molecule has 0 bridgehead atoms. The minimum Gasteiger partial charge on any atom is -0.333 e. The van der Waals surface area contributed by atoms with Gasteiger partial charge in [0.25, 0.3) is 0 Å². The Labute approximate surface area is 87.4 Å². The third-order valence-corrected chi connectivity index (χ3v) is 2.11. The van der Waals surface area contributed by atoms with E-state index in [2.05, 4.69) is 5.32 Å². The minimum absolute atomic E-state index is 0.208. The molecule has 1 aliphatic heterocycles. The van der Waals surface area contributed by atoms with Gasteiger partial charge in [0, 0.05) is 6.20 Å². The molecule has 1 aromatic rings. The number of rotatable bonds is 1. The van der Waals surface area contributed by atoms with Gasteiger partial charge < -0.3 is 5.32 Å². The van der Waals surface area contributed by atoms with E-state index in [0.717, 1.165) is 5.69 Å². The van der Waals surface area contributed by atoms with Gasteiger partial charge in [-0.2, -0.15) is 5.26 Å². The molecule has 1 heterocycles. The van der Waals surface area contributed by atoms with Crippen LogP contribution < -0.4 is 10.2 Å². The second-order valence-corrected chi connectivity index (χ2v) is 3.13. The zero-order valence-electron chi connectivity index (χ0n) is 7.97. The Morgan fingerprint density at radius 2 is 2.07 bits per heavy atom. The fraction of sp³-hybridized carbons (Fsp3) is 0.0909. The monoisotopic (exact) mass is 199 g/mol. The number of urea groups is 1. The second-order valence-electron chi connectivity index (χ2n) is 3.13. The summed E-state index contributed by atoms with van der Waals surface area (Å²) in [5.74, 6) is 0. The van der Waals surface area contributed by atoms with Gasteiger partial charge in [-0.3, -0.25) is 4.90 Å². The van der Waals surface area contributed by atoms with Crippen molar-refractivity contribution >= 4 is 11.7 Å². The summed E-state index contributed by atoms with van der Waals surface area (Å²) in [5, 5.41) is 11.4. The molecule has 0 atom stereocenters. The normalized spacial score (nSPS) is 15.3. The Hall–Kier alpha value is -2.28. The number of anilines is 1. The maximum atomic E-state index is 11.5. The summed E-state index contributed by atoms with van der Waals surface area (Å²) in [6.45, 7) is 0.304. The van der Waals surface area contributed by atoms with Crippen molar-refractivity contribution in [3.63, 3.8) is 0 Å². The van der Waals surface area contributed by atoms with Gasteiger partial charge in [0.05, 0.1) is 23.9 Å². The van der Waals surface area contributed by atoms with Crippen LogP contribution in [0, 0.1) is 11.3 Å². The predicted octanol–water partition coefficient (Wildman–Crippen LogP) is 1.62. The van der Waals surface area contributed by atoms with Crippen LogP contribution in [0.25, 0.3) is 0 Å². The first-order valence-electron chi connectivity index (χ1n) is 4.54. The number of carbonyl (C=O) groups excluding carboxylic acids is 1. The average Bonchev–Trinajstić information content (AvgIpc) is 2.31. The minimum atomic E-state index is -0.208. The van der Waals surface area contributed by atoms with Crippen LogP contribution in [0.15, 0.2) is 42.1 Å². The van der Waals surface area contributed by atoms with E-state index < -0.39 is 0 Å². The highest BCUT2D eigenvalue weighted by Gasteiger charge is 2.18. The Morgan fingerprint density at radius 3 is 2.73 bits per heavy atom. The van der Waals surface area contributed by atoms with Crippen LogP contribution in [0.4, 0.5) is 10.5 Å². The van der Waals surface area contributed by atoms with Gasteiger partial charge in [-0.25, -0.2) is 4.79 Å². The number of hydrogen-bond donors (Lipinski definition) is 1. The van der Waals surface area contributed by atoms with Crippen LogP contribution in [-0.2, 0) is 0 Å². The van der Waals surface area contributed by atoms with Crippen molar-refractivity contribution in [3.05, 3.63) is 42.1 Å². The molecule has 0 radical (unpaired) electrons. The third kappa shape index (κ3) is 1.81. The lowest BCUT2D eigenvalue weighted by molar-refractivity contribution is 0.248. The van der Waals surface area contributed by atoms with Gasteiger partial charge in [0.15, 0.2) is 0 Å². The van der Waals surface area contributed by atoms with Gasteiger partial charge in [-0.05, 0) is 12.1 Å². The summed E-state index contributed by atoms with van der Waals surface area (Å²) < 4.78 is 0. The third-order valence-electron chi connectivity index (χ3n) is 2.11. The summed E-state index contributed by atoms with van der Waals surface area (Å²) in [4.78, 5) is 12.9. The van der Waals surface area contributed by atoms with Crippen LogP contribution >= 0.6 is 0 Å². The van der Waals surface area contributed by atoms with Gasteiger partial charge in [0.1, 0.15) is 0 Å². The molecule has 2 amide bonds. The maximum Gasteiger partial charge on any atom is 0.326 e. The number of carbonyl (C=O) groups is 1. The quantitative estimate of drug-likeness (QED) is 0.747. The van der Waals surface area contributed by atoms with Crippen molar-refractivity contribution in [1.29, 1.82) is 5.26 Å². The van der Waals surface area contributed by atoms with Gasteiger partial charge >= 0.3 is 6.03 Å². The molecular weight excluding hydrogens is 190 g/mol. The van der Waals surface area contributed by atoms with Crippen molar-refractivity contribution in [1.82, 2.24) is 5.32 Å². The molecule has 1 aromatic carbocycles. The fourth-order valence-corrected chi connectivity index (χ4v) is 1.36. The lowest BCUT2D eigenvalue weighted by Gasteiger charge is -2.23. The summed E-state index contributed by atoms with van der Waals surface area (Å²) in [6, 6.07) is 11.0. The Bertz CT molecular complexity index is 445. The molecule has 4 heteroatoms. The molecular formula is C11H9N3O. The number of nitriles is 1. The first kappa shape index (κ1) is 9.28. The van der Waals surface area contributed by atoms with E-state index >= 15 is 0 Å². The van der Waals surface area contributed by atoms with Crippen LogP contribution in [0.3, 0.4) is 0 Å². The molecule has 0 unspecified atom stereocenters. The molecule has 0 saturated carbocycles. The zero-order valence-corrected chi connectivity index (χ0v) is 7.97. The topological polar surface area (TPSA) is 56.1 Å². The molecule has 0 aliphatic carbocycles. The summed E-state index contributed by atoms with van der Waals surface area (Å²) in [7, 11) is 0. The number of nitrogens with zero attached hydrogens (tertiary/aromatic N) is 2. The maximum absolute atomic E-state index is 11.5. The van der Waals surface area contributed by atoms with Gasteiger partial charge in [-0.1, -0.05) is 18.2 Å². The number of benzene rings is 1. The van der Waals surface area contributed by atoms with Crippen molar-refractivity contribution in [2.24, 2.45) is 0 Å². The van der Waals surface area contributed by atoms with E-state index in [1.165, 1.54) is 4.90 Å². The summed E-state index contributed by atoms with van der Waals surface area (Å²) in [6.07, 6.45) is 1.56. The molecule has 2 rings (SSSR count). The Balaban J connectivity index is 2.36. The number of amides is 2. The van der Waals surface area contributed by atoms with Crippen molar-refractivity contribution < 1.29 is 4.79 Å². The van der Waals surface area contributed by atoms with E-state index in [9.17, 15) is 4.79 Å². The lowest BCUT2D eigenvalue weighted by Crippen LogP contribution is -2.41. The number of hydrogen-bond acceptors (Lipinski definition) is 2. The molecule has 0 aromatic heterocycles. The Kier molecular flexibility index (Phi) is 2.38.